The van der Waals surface area contributed by atoms with E-state index in [1.807, 2.05) is 6.26 Å². The van der Waals surface area contributed by atoms with Gasteiger partial charge in [0.2, 0.25) is 11.8 Å². The lowest BCUT2D eigenvalue weighted by Gasteiger charge is -2.12. The van der Waals surface area contributed by atoms with Gasteiger partial charge in [-0.15, -0.1) is 0 Å². The zero-order valence-electron chi connectivity index (χ0n) is 12.2. The van der Waals surface area contributed by atoms with Gasteiger partial charge < -0.3 is 21.1 Å². The zero-order valence-corrected chi connectivity index (χ0v) is 13.0. The van der Waals surface area contributed by atoms with E-state index in [9.17, 15) is 9.59 Å². The van der Waals surface area contributed by atoms with Crippen molar-refractivity contribution in [3.63, 3.8) is 0 Å². The molecule has 21 heavy (non-hydrogen) atoms. The minimum atomic E-state index is -0.515. The van der Waals surface area contributed by atoms with Gasteiger partial charge in [-0.05, 0) is 42.7 Å². The van der Waals surface area contributed by atoms with Crippen LogP contribution in [0.4, 0.5) is 11.4 Å². The van der Waals surface area contributed by atoms with E-state index < -0.39 is 6.04 Å². The number of methoxy groups -OCH3 is 1. The maximum atomic E-state index is 11.8. The summed E-state index contributed by atoms with van der Waals surface area (Å²) in [7, 11) is 1.46. The number of amides is 2. The van der Waals surface area contributed by atoms with Gasteiger partial charge in [0.15, 0.2) is 0 Å². The quantitative estimate of drug-likeness (QED) is 0.672. The predicted molar refractivity (Wildman–Crippen MR) is 86.6 cm³/mol. The molecule has 0 spiro atoms. The van der Waals surface area contributed by atoms with Gasteiger partial charge in [0.25, 0.3) is 0 Å². The number of nitrogens with two attached hydrogens (primary N) is 1. The molecule has 0 aliphatic rings. The van der Waals surface area contributed by atoms with E-state index in [-0.39, 0.29) is 18.4 Å². The molecule has 0 aromatic heterocycles. The molecule has 0 aliphatic heterocycles. The molecule has 7 heteroatoms. The summed E-state index contributed by atoms with van der Waals surface area (Å²) in [5.41, 5.74) is 7.07. The van der Waals surface area contributed by atoms with Crippen molar-refractivity contribution >= 4 is 35.0 Å². The third-order valence-corrected chi connectivity index (χ3v) is 3.33. The highest BCUT2D eigenvalue weighted by Gasteiger charge is 2.12. The van der Waals surface area contributed by atoms with Crippen LogP contribution < -0.4 is 16.4 Å². The summed E-state index contributed by atoms with van der Waals surface area (Å²) < 4.78 is 4.73. The Morgan fingerprint density at radius 1 is 1.24 bits per heavy atom. The molecule has 116 valence electrons. The van der Waals surface area contributed by atoms with E-state index in [1.54, 1.807) is 36.0 Å². The Morgan fingerprint density at radius 2 is 1.81 bits per heavy atom. The van der Waals surface area contributed by atoms with Crippen LogP contribution in [0.2, 0.25) is 0 Å². The van der Waals surface area contributed by atoms with Crippen molar-refractivity contribution in [1.82, 2.24) is 0 Å². The molecule has 0 aliphatic carbocycles. The maximum absolute atomic E-state index is 11.8. The summed E-state index contributed by atoms with van der Waals surface area (Å²) in [4.78, 5) is 23.2. The van der Waals surface area contributed by atoms with Gasteiger partial charge in [0, 0.05) is 18.5 Å². The van der Waals surface area contributed by atoms with E-state index >= 15 is 0 Å². The summed E-state index contributed by atoms with van der Waals surface area (Å²) in [5, 5.41) is 5.42. The number of ether oxygens (including phenoxy) is 1. The maximum Gasteiger partial charge on any atom is 0.250 e. The molecule has 0 saturated carbocycles. The smallest absolute Gasteiger partial charge is 0.250 e. The molecule has 1 aromatic carbocycles. The highest BCUT2D eigenvalue weighted by molar-refractivity contribution is 7.98. The molecule has 0 heterocycles. The van der Waals surface area contributed by atoms with Crippen molar-refractivity contribution in [1.29, 1.82) is 0 Å². The average Bonchev–Trinajstić information content (AvgIpc) is 2.47. The van der Waals surface area contributed by atoms with Crippen LogP contribution >= 0.6 is 11.8 Å². The molecule has 6 nitrogen and oxygen atoms in total. The number of carbonyl (C=O) groups excluding carboxylic acids is 2. The average molecular weight is 311 g/mol. The summed E-state index contributed by atoms with van der Waals surface area (Å²) in [5.74, 6) is 0.410. The summed E-state index contributed by atoms with van der Waals surface area (Å²) in [6.07, 6.45) is 2.61. The van der Waals surface area contributed by atoms with Gasteiger partial charge in [0.1, 0.15) is 6.61 Å². The van der Waals surface area contributed by atoms with E-state index in [0.29, 0.717) is 17.8 Å². The second-order valence-electron chi connectivity index (χ2n) is 4.44. The number of anilines is 2. The van der Waals surface area contributed by atoms with Crippen molar-refractivity contribution in [2.24, 2.45) is 5.73 Å². The SMILES string of the molecule is COCC(=O)Nc1ccc(NC(=O)[C@@H](N)CCSC)cc1. The van der Waals surface area contributed by atoms with Crippen molar-refractivity contribution in [2.45, 2.75) is 12.5 Å². The summed E-state index contributed by atoms with van der Waals surface area (Å²) in [6, 6.07) is 6.31. The van der Waals surface area contributed by atoms with Gasteiger partial charge in [-0.25, -0.2) is 0 Å². The lowest BCUT2D eigenvalue weighted by Crippen LogP contribution is -2.36. The lowest BCUT2D eigenvalue weighted by molar-refractivity contribution is -0.119. The Hall–Kier alpha value is -1.57. The molecular formula is C14H21N3O3S. The third-order valence-electron chi connectivity index (χ3n) is 2.68. The molecule has 0 fully saturated rings. The molecule has 4 N–H and O–H groups in total. The Labute approximate surface area is 128 Å². The van der Waals surface area contributed by atoms with Crippen molar-refractivity contribution in [3.05, 3.63) is 24.3 Å². The topological polar surface area (TPSA) is 93.5 Å². The van der Waals surface area contributed by atoms with Crippen molar-refractivity contribution < 1.29 is 14.3 Å². The molecule has 1 aromatic rings. The van der Waals surface area contributed by atoms with Gasteiger partial charge in [-0.3, -0.25) is 9.59 Å². The Morgan fingerprint density at radius 3 is 2.33 bits per heavy atom. The largest absolute Gasteiger partial charge is 0.375 e. The minimum absolute atomic E-state index is 0.00276. The molecule has 0 radical (unpaired) electrons. The standard InChI is InChI=1S/C14H21N3O3S/c1-20-9-13(18)16-10-3-5-11(6-4-10)17-14(19)12(15)7-8-21-2/h3-6,12H,7-9,15H2,1-2H3,(H,16,18)(H,17,19)/t12-/m0/s1. The highest BCUT2D eigenvalue weighted by atomic mass is 32.2. The summed E-state index contributed by atoms with van der Waals surface area (Å²) >= 11 is 1.65. The molecule has 1 atom stereocenters. The number of thioether (sulfide) groups is 1. The normalized spacial score (nSPS) is 11.8. The van der Waals surface area contributed by atoms with Crippen LogP contribution in [0.15, 0.2) is 24.3 Å². The van der Waals surface area contributed by atoms with Gasteiger partial charge in [0.05, 0.1) is 6.04 Å². The first-order valence-electron chi connectivity index (χ1n) is 6.51. The number of hydrogen-bond acceptors (Lipinski definition) is 5. The van der Waals surface area contributed by atoms with E-state index in [0.717, 1.165) is 5.75 Å². The molecule has 0 saturated heterocycles. The lowest BCUT2D eigenvalue weighted by atomic mass is 10.2. The number of benzene rings is 1. The van der Waals surface area contributed by atoms with Crippen LogP contribution in [-0.4, -0.2) is 43.6 Å². The number of carbonyl (C=O) groups is 2. The Bertz CT molecular complexity index is 465. The van der Waals surface area contributed by atoms with Gasteiger partial charge in [-0.2, -0.15) is 11.8 Å². The fraction of sp³-hybridized carbons (Fsp3) is 0.429. The monoisotopic (exact) mass is 311 g/mol. The first-order chi connectivity index (χ1) is 10.1. The zero-order chi connectivity index (χ0) is 15.7. The first-order valence-corrected chi connectivity index (χ1v) is 7.90. The van der Waals surface area contributed by atoms with Crippen LogP contribution in [0.1, 0.15) is 6.42 Å². The Kier molecular flexibility index (Phi) is 7.81. The summed E-state index contributed by atoms with van der Waals surface area (Å²) in [6.45, 7) is 0.00276. The van der Waals surface area contributed by atoms with Crippen LogP contribution in [0.5, 0.6) is 0 Å². The first kappa shape index (κ1) is 17.5. The molecule has 2 amide bonds. The predicted octanol–water partition coefficient (Wildman–Crippen LogP) is 1.29. The second-order valence-corrected chi connectivity index (χ2v) is 5.42. The molecule has 0 bridgehead atoms. The van der Waals surface area contributed by atoms with E-state index in [2.05, 4.69) is 10.6 Å². The highest BCUT2D eigenvalue weighted by Crippen LogP contribution is 2.14. The number of nitrogens with one attached hydrogen (secondary N) is 2. The van der Waals surface area contributed by atoms with Gasteiger partial charge in [-0.1, -0.05) is 0 Å². The third kappa shape index (κ3) is 6.61. The molecular weight excluding hydrogens is 290 g/mol. The van der Waals surface area contributed by atoms with Gasteiger partial charge >= 0.3 is 0 Å². The number of hydrogen-bond donors (Lipinski definition) is 3. The van der Waals surface area contributed by atoms with Crippen molar-refractivity contribution in [2.75, 3.05) is 36.4 Å². The van der Waals surface area contributed by atoms with Crippen molar-refractivity contribution in [3.8, 4) is 0 Å². The van der Waals surface area contributed by atoms with E-state index in [1.165, 1.54) is 7.11 Å². The van der Waals surface area contributed by atoms with Crippen LogP contribution in [0.25, 0.3) is 0 Å². The van der Waals surface area contributed by atoms with Crippen LogP contribution in [-0.2, 0) is 14.3 Å². The van der Waals surface area contributed by atoms with E-state index in [4.69, 9.17) is 10.5 Å². The fourth-order valence-corrected chi connectivity index (χ4v) is 2.07. The van der Waals surface area contributed by atoms with Crippen LogP contribution in [0, 0.1) is 0 Å². The molecule has 0 unspecified atom stereocenters. The Balaban J connectivity index is 2.50. The minimum Gasteiger partial charge on any atom is -0.375 e. The molecule has 1 rings (SSSR count). The van der Waals surface area contributed by atoms with Crippen LogP contribution in [0.3, 0.4) is 0 Å². The number of rotatable bonds is 8. The second kappa shape index (κ2) is 9.38. The fourth-order valence-electron chi connectivity index (χ4n) is 1.58.